The summed E-state index contributed by atoms with van der Waals surface area (Å²) in [6, 6.07) is 2.70. The van der Waals surface area contributed by atoms with Crippen molar-refractivity contribution in [3.05, 3.63) is 34.3 Å². The van der Waals surface area contributed by atoms with Gasteiger partial charge in [-0.15, -0.1) is 0 Å². The first-order valence-electron chi connectivity index (χ1n) is 4.86. The maximum atomic E-state index is 12.5. The van der Waals surface area contributed by atoms with Crippen molar-refractivity contribution in [2.45, 2.75) is 25.4 Å². The third-order valence-electron chi connectivity index (χ3n) is 2.41. The number of rotatable bonds is 3. The van der Waals surface area contributed by atoms with Gasteiger partial charge < -0.3 is 5.11 Å². The van der Waals surface area contributed by atoms with Gasteiger partial charge in [-0.05, 0) is 30.2 Å². The summed E-state index contributed by atoms with van der Waals surface area (Å²) in [6.07, 6.45) is -4.33. The minimum absolute atomic E-state index is 0.00325. The van der Waals surface area contributed by atoms with Gasteiger partial charge in [-0.1, -0.05) is 18.5 Å². The lowest BCUT2D eigenvalue weighted by atomic mass is 9.95. The molecule has 0 saturated heterocycles. The molecule has 94 valence electrons. The van der Waals surface area contributed by atoms with Crippen molar-refractivity contribution in [3.8, 4) is 0 Å². The van der Waals surface area contributed by atoms with Gasteiger partial charge in [-0.3, -0.25) is 4.79 Å². The quantitative estimate of drug-likeness (QED) is 0.900. The SMILES string of the molecule is CCC(C(=O)O)c1cc(C(F)(F)F)ccc1Cl. The molecule has 0 aliphatic rings. The summed E-state index contributed by atoms with van der Waals surface area (Å²) >= 11 is 5.73. The molecule has 1 aromatic carbocycles. The molecule has 0 saturated carbocycles. The summed E-state index contributed by atoms with van der Waals surface area (Å²) in [5.74, 6) is -2.21. The highest BCUT2D eigenvalue weighted by molar-refractivity contribution is 6.31. The van der Waals surface area contributed by atoms with Crippen LogP contribution in [-0.2, 0) is 11.0 Å². The van der Waals surface area contributed by atoms with Crippen LogP contribution in [-0.4, -0.2) is 11.1 Å². The number of carboxylic acid groups (broad SMARTS) is 1. The molecule has 1 aromatic rings. The van der Waals surface area contributed by atoms with Crippen molar-refractivity contribution < 1.29 is 23.1 Å². The molecule has 0 radical (unpaired) electrons. The summed E-state index contributed by atoms with van der Waals surface area (Å²) in [5.41, 5.74) is -0.895. The Hall–Kier alpha value is -1.23. The molecule has 0 amide bonds. The van der Waals surface area contributed by atoms with Crippen LogP contribution in [0.4, 0.5) is 13.2 Å². The van der Waals surface area contributed by atoms with Crippen molar-refractivity contribution in [1.29, 1.82) is 0 Å². The molecule has 0 spiro atoms. The smallest absolute Gasteiger partial charge is 0.416 e. The van der Waals surface area contributed by atoms with Crippen LogP contribution in [0, 0.1) is 0 Å². The Labute approximate surface area is 101 Å². The maximum Gasteiger partial charge on any atom is 0.416 e. The minimum Gasteiger partial charge on any atom is -0.481 e. The predicted octanol–water partition coefficient (Wildman–Crippen LogP) is 3.94. The van der Waals surface area contributed by atoms with E-state index in [9.17, 15) is 18.0 Å². The Kier molecular flexibility index (Phi) is 4.03. The second-order valence-electron chi connectivity index (χ2n) is 3.53. The van der Waals surface area contributed by atoms with Crippen molar-refractivity contribution in [1.82, 2.24) is 0 Å². The van der Waals surface area contributed by atoms with E-state index in [1.165, 1.54) is 0 Å². The number of aliphatic carboxylic acids is 1. The van der Waals surface area contributed by atoms with Crippen molar-refractivity contribution in [3.63, 3.8) is 0 Å². The number of alkyl halides is 3. The normalized spacial score (nSPS) is 13.5. The van der Waals surface area contributed by atoms with Gasteiger partial charge in [0.05, 0.1) is 11.5 Å². The molecule has 0 aliphatic carbocycles. The van der Waals surface area contributed by atoms with Crippen LogP contribution in [0.3, 0.4) is 0 Å². The fourth-order valence-corrected chi connectivity index (χ4v) is 1.76. The predicted molar refractivity (Wildman–Crippen MR) is 57.1 cm³/mol. The lowest BCUT2D eigenvalue weighted by molar-refractivity contribution is -0.140. The van der Waals surface area contributed by atoms with Gasteiger partial charge in [0.1, 0.15) is 0 Å². The van der Waals surface area contributed by atoms with Crippen LogP contribution in [0.2, 0.25) is 5.02 Å². The number of hydrogen-bond acceptors (Lipinski definition) is 1. The Morgan fingerprint density at radius 1 is 1.47 bits per heavy atom. The topological polar surface area (TPSA) is 37.3 Å². The van der Waals surface area contributed by atoms with E-state index >= 15 is 0 Å². The van der Waals surface area contributed by atoms with E-state index in [1.54, 1.807) is 6.92 Å². The Bertz CT molecular complexity index is 429. The number of benzene rings is 1. The first-order valence-corrected chi connectivity index (χ1v) is 5.24. The van der Waals surface area contributed by atoms with Crippen LogP contribution in [0.25, 0.3) is 0 Å². The first kappa shape index (κ1) is 13.8. The van der Waals surface area contributed by atoms with Crippen molar-refractivity contribution in [2.24, 2.45) is 0 Å². The Balaban J connectivity index is 3.28. The van der Waals surface area contributed by atoms with E-state index in [-0.39, 0.29) is 17.0 Å². The lowest BCUT2D eigenvalue weighted by Crippen LogP contribution is -2.13. The average molecular weight is 267 g/mol. The number of halogens is 4. The summed E-state index contributed by atoms with van der Waals surface area (Å²) in [4.78, 5) is 10.9. The fraction of sp³-hybridized carbons (Fsp3) is 0.364. The molecule has 6 heteroatoms. The van der Waals surface area contributed by atoms with Gasteiger partial charge in [-0.2, -0.15) is 13.2 Å². The molecule has 0 heterocycles. The van der Waals surface area contributed by atoms with Gasteiger partial charge in [0, 0.05) is 5.02 Å². The fourth-order valence-electron chi connectivity index (χ4n) is 1.51. The van der Waals surface area contributed by atoms with Gasteiger partial charge in [-0.25, -0.2) is 0 Å². The van der Waals surface area contributed by atoms with Crippen LogP contribution >= 0.6 is 11.6 Å². The second-order valence-corrected chi connectivity index (χ2v) is 3.94. The molecular formula is C11H10ClF3O2. The van der Waals surface area contributed by atoms with Gasteiger partial charge in [0.2, 0.25) is 0 Å². The van der Waals surface area contributed by atoms with Crippen LogP contribution in [0.15, 0.2) is 18.2 Å². The van der Waals surface area contributed by atoms with E-state index in [2.05, 4.69) is 0 Å². The molecule has 1 unspecified atom stereocenters. The highest BCUT2D eigenvalue weighted by Gasteiger charge is 2.32. The van der Waals surface area contributed by atoms with E-state index in [1.807, 2.05) is 0 Å². The highest BCUT2D eigenvalue weighted by atomic mass is 35.5. The van der Waals surface area contributed by atoms with E-state index in [4.69, 9.17) is 16.7 Å². The average Bonchev–Trinajstić information content (AvgIpc) is 2.19. The Morgan fingerprint density at radius 3 is 2.47 bits per heavy atom. The largest absolute Gasteiger partial charge is 0.481 e. The van der Waals surface area contributed by atoms with Gasteiger partial charge in [0.15, 0.2) is 0 Å². The van der Waals surface area contributed by atoms with E-state index in [0.29, 0.717) is 0 Å². The lowest BCUT2D eigenvalue weighted by Gasteiger charge is -2.15. The summed E-state index contributed by atoms with van der Waals surface area (Å²) in [5, 5.41) is 8.94. The second kappa shape index (κ2) is 4.96. The van der Waals surface area contributed by atoms with Crippen LogP contribution in [0.1, 0.15) is 30.4 Å². The molecule has 0 aromatic heterocycles. The standard InChI is InChI=1S/C11H10ClF3O2/c1-2-7(10(16)17)8-5-6(11(13,14)15)3-4-9(8)12/h3-5,7H,2H2,1H3,(H,16,17). The number of hydrogen-bond donors (Lipinski definition) is 1. The van der Waals surface area contributed by atoms with Crippen LogP contribution in [0.5, 0.6) is 0 Å². The molecular weight excluding hydrogens is 257 g/mol. The number of carboxylic acids is 1. The zero-order chi connectivity index (χ0) is 13.2. The summed E-state index contributed by atoms with van der Waals surface area (Å²) in [7, 11) is 0. The zero-order valence-corrected chi connectivity index (χ0v) is 9.64. The molecule has 17 heavy (non-hydrogen) atoms. The summed E-state index contributed by atoms with van der Waals surface area (Å²) in [6.45, 7) is 1.58. The molecule has 1 atom stereocenters. The summed E-state index contributed by atoms with van der Waals surface area (Å²) < 4.78 is 37.4. The third-order valence-corrected chi connectivity index (χ3v) is 2.75. The van der Waals surface area contributed by atoms with Gasteiger partial charge >= 0.3 is 12.1 Å². The first-order chi connectivity index (χ1) is 7.77. The highest BCUT2D eigenvalue weighted by Crippen LogP contribution is 2.35. The van der Waals surface area contributed by atoms with Crippen molar-refractivity contribution >= 4 is 17.6 Å². The molecule has 2 nitrogen and oxygen atoms in total. The molecule has 0 aliphatic heterocycles. The van der Waals surface area contributed by atoms with Crippen molar-refractivity contribution in [2.75, 3.05) is 0 Å². The number of carbonyl (C=O) groups is 1. The third kappa shape index (κ3) is 3.12. The molecule has 0 fully saturated rings. The van der Waals surface area contributed by atoms with E-state index < -0.39 is 23.6 Å². The minimum atomic E-state index is -4.50. The monoisotopic (exact) mass is 266 g/mol. The Morgan fingerprint density at radius 2 is 2.06 bits per heavy atom. The van der Waals surface area contributed by atoms with E-state index in [0.717, 1.165) is 18.2 Å². The maximum absolute atomic E-state index is 12.5. The molecule has 1 N–H and O–H groups in total. The van der Waals surface area contributed by atoms with Gasteiger partial charge in [0.25, 0.3) is 0 Å². The molecule has 0 bridgehead atoms. The molecule has 1 rings (SSSR count). The zero-order valence-electron chi connectivity index (χ0n) is 8.88. The van der Waals surface area contributed by atoms with Crippen LogP contribution < -0.4 is 0 Å².